The van der Waals surface area contributed by atoms with Gasteiger partial charge in [0.05, 0.1) is 18.2 Å². The van der Waals surface area contributed by atoms with Crippen LogP contribution in [0, 0.1) is 0 Å². The number of benzene rings is 2. The number of rotatable bonds is 4. The number of aliphatic hydroxyl groups excluding tert-OH is 1. The van der Waals surface area contributed by atoms with E-state index in [0.29, 0.717) is 22.9 Å². The predicted molar refractivity (Wildman–Crippen MR) is 81.0 cm³/mol. The molecule has 3 N–H and O–H groups in total. The zero-order valence-electron chi connectivity index (χ0n) is 11.3. The van der Waals surface area contributed by atoms with Crippen LogP contribution in [0.25, 0.3) is 10.9 Å². The van der Waals surface area contributed by atoms with Crippen LogP contribution in [0.2, 0.25) is 0 Å². The monoisotopic (exact) mass is 282 g/mol. The average Bonchev–Trinajstić information content (AvgIpc) is 2.89. The van der Waals surface area contributed by atoms with Crippen molar-refractivity contribution in [1.82, 2.24) is 9.78 Å². The lowest BCUT2D eigenvalue weighted by Crippen LogP contribution is -2.30. The molecule has 0 aliphatic heterocycles. The molecule has 3 rings (SSSR count). The van der Waals surface area contributed by atoms with Crippen LogP contribution in [0.3, 0.4) is 0 Å². The summed E-state index contributed by atoms with van der Waals surface area (Å²) in [7, 11) is -1.54. The largest absolute Gasteiger partial charge is 0.489 e. The minimum absolute atomic E-state index is 0.305. The molecule has 1 atom stereocenters. The quantitative estimate of drug-likeness (QED) is 0.607. The maximum Gasteiger partial charge on any atom is 0.489 e. The van der Waals surface area contributed by atoms with Crippen LogP contribution in [-0.2, 0) is 6.54 Å². The van der Waals surface area contributed by atoms with E-state index in [9.17, 15) is 15.2 Å². The Labute approximate surface area is 122 Å². The normalized spacial score (nSPS) is 12.5. The Morgan fingerprint density at radius 1 is 1.05 bits per heavy atom. The lowest BCUT2D eigenvalue weighted by molar-refractivity contribution is 0.152. The zero-order chi connectivity index (χ0) is 14.8. The molecule has 0 fully saturated rings. The molecule has 0 saturated carbocycles. The molecule has 0 spiro atoms. The fourth-order valence-corrected chi connectivity index (χ4v) is 2.39. The van der Waals surface area contributed by atoms with Crippen LogP contribution in [0.4, 0.5) is 0 Å². The first-order valence-electron chi connectivity index (χ1n) is 6.70. The van der Waals surface area contributed by atoms with Crippen molar-refractivity contribution >= 4 is 23.5 Å². The number of aliphatic hydroxyl groups is 1. The second-order valence-electron chi connectivity index (χ2n) is 4.93. The van der Waals surface area contributed by atoms with Crippen LogP contribution in [0.15, 0.2) is 54.7 Å². The number of nitrogens with zero attached hydrogens (tertiary/aromatic N) is 2. The standard InChI is InChI=1S/C15H15BN2O3/c19-15(11-5-2-1-3-6-11)10-18-9-12-13(16(20)21)7-4-8-14(12)17-18/h1-9,15,19-21H,10H2/t15-/m0/s1. The summed E-state index contributed by atoms with van der Waals surface area (Å²) in [6.45, 7) is 0.305. The van der Waals surface area contributed by atoms with Gasteiger partial charge >= 0.3 is 7.12 Å². The lowest BCUT2D eigenvalue weighted by atomic mass is 9.78. The van der Waals surface area contributed by atoms with Gasteiger partial charge in [-0.15, -0.1) is 0 Å². The highest BCUT2D eigenvalue weighted by Crippen LogP contribution is 2.16. The van der Waals surface area contributed by atoms with Gasteiger partial charge in [0.2, 0.25) is 0 Å². The molecule has 2 aromatic carbocycles. The molecule has 1 heterocycles. The molecule has 0 aliphatic rings. The fraction of sp³-hybridized carbons (Fsp3) is 0.133. The summed E-state index contributed by atoms with van der Waals surface area (Å²) in [4.78, 5) is 0. The van der Waals surface area contributed by atoms with Crippen molar-refractivity contribution in [1.29, 1.82) is 0 Å². The van der Waals surface area contributed by atoms with Gasteiger partial charge in [-0.1, -0.05) is 42.5 Å². The first-order valence-corrected chi connectivity index (χ1v) is 6.70. The number of hydrogen-bond acceptors (Lipinski definition) is 4. The van der Waals surface area contributed by atoms with Gasteiger partial charge in [0.15, 0.2) is 0 Å². The zero-order valence-corrected chi connectivity index (χ0v) is 11.3. The van der Waals surface area contributed by atoms with E-state index in [-0.39, 0.29) is 0 Å². The third-order valence-electron chi connectivity index (χ3n) is 3.45. The van der Waals surface area contributed by atoms with Gasteiger partial charge in [-0.3, -0.25) is 4.68 Å². The summed E-state index contributed by atoms with van der Waals surface area (Å²) in [5, 5.41) is 34.0. The van der Waals surface area contributed by atoms with Crippen molar-refractivity contribution in [2.45, 2.75) is 12.6 Å². The molecule has 21 heavy (non-hydrogen) atoms. The topological polar surface area (TPSA) is 78.5 Å². The molecule has 0 saturated heterocycles. The number of hydrogen-bond donors (Lipinski definition) is 3. The Hall–Kier alpha value is -2.15. The van der Waals surface area contributed by atoms with E-state index in [1.165, 1.54) is 0 Å². The summed E-state index contributed by atoms with van der Waals surface area (Å²) >= 11 is 0. The Morgan fingerprint density at radius 2 is 1.81 bits per heavy atom. The van der Waals surface area contributed by atoms with Gasteiger partial charge in [-0.05, 0) is 17.1 Å². The maximum atomic E-state index is 10.2. The minimum Gasteiger partial charge on any atom is -0.423 e. The smallest absolute Gasteiger partial charge is 0.423 e. The van der Waals surface area contributed by atoms with Gasteiger partial charge in [-0.2, -0.15) is 5.10 Å². The lowest BCUT2D eigenvalue weighted by Gasteiger charge is -2.10. The Balaban J connectivity index is 1.90. The summed E-state index contributed by atoms with van der Waals surface area (Å²) in [5.41, 5.74) is 1.90. The van der Waals surface area contributed by atoms with E-state index in [1.54, 1.807) is 29.1 Å². The number of aromatic nitrogens is 2. The summed E-state index contributed by atoms with van der Waals surface area (Å²) in [5.74, 6) is 0. The van der Waals surface area contributed by atoms with Crippen molar-refractivity contribution < 1.29 is 15.2 Å². The molecule has 3 aromatic rings. The van der Waals surface area contributed by atoms with Crippen molar-refractivity contribution in [3.8, 4) is 0 Å². The van der Waals surface area contributed by atoms with Gasteiger partial charge in [0.25, 0.3) is 0 Å². The van der Waals surface area contributed by atoms with Crippen molar-refractivity contribution in [2.75, 3.05) is 0 Å². The van der Waals surface area contributed by atoms with E-state index < -0.39 is 13.2 Å². The summed E-state index contributed by atoms with van der Waals surface area (Å²) < 4.78 is 1.62. The molecule has 0 amide bonds. The van der Waals surface area contributed by atoms with Crippen LogP contribution >= 0.6 is 0 Å². The van der Waals surface area contributed by atoms with E-state index in [0.717, 1.165) is 5.56 Å². The summed E-state index contributed by atoms with van der Waals surface area (Å²) in [6.07, 6.45) is 1.05. The molecular weight excluding hydrogens is 267 g/mol. The maximum absolute atomic E-state index is 10.2. The molecular formula is C15H15BN2O3. The van der Waals surface area contributed by atoms with Crippen LogP contribution in [0.1, 0.15) is 11.7 Å². The minimum atomic E-state index is -1.54. The Morgan fingerprint density at radius 3 is 2.52 bits per heavy atom. The third kappa shape index (κ3) is 2.83. The van der Waals surface area contributed by atoms with Crippen LogP contribution in [0.5, 0.6) is 0 Å². The first-order chi connectivity index (χ1) is 10.1. The SMILES string of the molecule is OB(O)c1cccc2nn(C[C@H](O)c3ccccc3)cc12. The van der Waals surface area contributed by atoms with E-state index in [1.807, 2.05) is 30.3 Å². The molecule has 0 radical (unpaired) electrons. The van der Waals surface area contributed by atoms with Crippen LogP contribution in [-0.4, -0.2) is 32.1 Å². The van der Waals surface area contributed by atoms with Gasteiger partial charge in [-0.25, -0.2) is 0 Å². The second kappa shape index (κ2) is 5.69. The molecule has 6 heteroatoms. The average molecular weight is 282 g/mol. The van der Waals surface area contributed by atoms with Gasteiger partial charge < -0.3 is 15.2 Å². The van der Waals surface area contributed by atoms with E-state index >= 15 is 0 Å². The highest BCUT2D eigenvalue weighted by molar-refractivity contribution is 6.61. The van der Waals surface area contributed by atoms with Gasteiger partial charge in [0, 0.05) is 11.6 Å². The molecule has 5 nitrogen and oxygen atoms in total. The molecule has 1 aromatic heterocycles. The molecule has 0 bridgehead atoms. The first kappa shape index (κ1) is 13.8. The fourth-order valence-electron chi connectivity index (χ4n) is 2.39. The van der Waals surface area contributed by atoms with Crippen LogP contribution < -0.4 is 5.46 Å². The molecule has 0 unspecified atom stereocenters. The Bertz CT molecular complexity index is 743. The molecule has 106 valence electrons. The van der Waals surface area contributed by atoms with Gasteiger partial charge in [0.1, 0.15) is 0 Å². The van der Waals surface area contributed by atoms with Crippen molar-refractivity contribution in [2.24, 2.45) is 0 Å². The number of fused-ring (bicyclic) bond motifs is 1. The molecule has 0 aliphatic carbocycles. The van der Waals surface area contributed by atoms with E-state index in [2.05, 4.69) is 5.10 Å². The highest BCUT2D eigenvalue weighted by Gasteiger charge is 2.17. The summed E-state index contributed by atoms with van der Waals surface area (Å²) in [6, 6.07) is 14.5. The third-order valence-corrected chi connectivity index (χ3v) is 3.45. The predicted octanol–water partition coefficient (Wildman–Crippen LogP) is 0.450. The Kier molecular flexibility index (Phi) is 3.75. The van der Waals surface area contributed by atoms with E-state index in [4.69, 9.17) is 0 Å². The van der Waals surface area contributed by atoms with Crippen molar-refractivity contribution in [3.05, 3.63) is 60.3 Å². The highest BCUT2D eigenvalue weighted by atomic mass is 16.4. The van der Waals surface area contributed by atoms with Crippen molar-refractivity contribution in [3.63, 3.8) is 0 Å². The second-order valence-corrected chi connectivity index (χ2v) is 4.93.